The Morgan fingerprint density at radius 3 is 1.93 bits per heavy atom. The van der Waals surface area contributed by atoms with E-state index in [-0.39, 0.29) is 0 Å². The molecule has 0 aliphatic rings. The summed E-state index contributed by atoms with van der Waals surface area (Å²) < 4.78 is 10.1. The molecule has 0 saturated heterocycles. The summed E-state index contributed by atoms with van der Waals surface area (Å²) in [5.41, 5.74) is 0. The van der Waals surface area contributed by atoms with Crippen LogP contribution in [0.3, 0.4) is 0 Å². The van der Waals surface area contributed by atoms with Gasteiger partial charge in [0, 0.05) is 26.4 Å². The third kappa shape index (κ3) is 6.04. The number of carbonyl (C=O) groups excluding carboxylic acids is 2. The van der Waals surface area contributed by atoms with Gasteiger partial charge in [0.2, 0.25) is 0 Å². The molecule has 0 radical (unpaired) electrons. The molecule has 82 valence electrons. The maximum Gasteiger partial charge on any atom is 0.461 e. The monoisotopic (exact) mass is 236 g/mol. The van der Waals surface area contributed by atoms with Gasteiger partial charge in [0.15, 0.2) is 0 Å². The van der Waals surface area contributed by atoms with Crippen molar-refractivity contribution < 1.29 is 18.4 Å². The Bertz CT molecular complexity index is 203. The van der Waals surface area contributed by atoms with Crippen molar-refractivity contribution in [1.29, 1.82) is 0 Å². The van der Waals surface area contributed by atoms with Gasteiger partial charge in [0.1, 0.15) is 0 Å². The molecule has 0 bridgehead atoms. The zero-order chi connectivity index (χ0) is 11.2. The second kappa shape index (κ2) is 6.08. The van der Waals surface area contributed by atoms with Gasteiger partial charge >= 0.3 is 8.56 Å². The van der Waals surface area contributed by atoms with Gasteiger partial charge in [-0.25, -0.2) is 0 Å². The van der Waals surface area contributed by atoms with Gasteiger partial charge < -0.3 is 8.85 Å². The van der Waals surface area contributed by atoms with Gasteiger partial charge in [0.05, 0.1) is 0 Å². The molecule has 0 aromatic rings. The van der Waals surface area contributed by atoms with E-state index in [4.69, 9.17) is 8.85 Å². The van der Waals surface area contributed by atoms with E-state index in [9.17, 15) is 9.59 Å². The Kier molecular flexibility index (Phi) is 5.86. The SMILES string of the molecule is CC(=O)O[Si](C)(CCCS)OC(C)=O. The van der Waals surface area contributed by atoms with Crippen molar-refractivity contribution in [2.24, 2.45) is 0 Å². The van der Waals surface area contributed by atoms with Crippen LogP contribution in [-0.2, 0) is 18.4 Å². The fraction of sp³-hybridized carbons (Fsp3) is 0.750. The minimum atomic E-state index is -2.64. The van der Waals surface area contributed by atoms with Crippen LogP contribution in [0.4, 0.5) is 0 Å². The normalized spacial score (nSPS) is 10.9. The molecule has 0 aromatic heterocycles. The van der Waals surface area contributed by atoms with Crippen molar-refractivity contribution in [3.8, 4) is 0 Å². The lowest BCUT2D eigenvalue weighted by Gasteiger charge is -2.24. The average molecular weight is 236 g/mol. The molecule has 0 saturated carbocycles. The van der Waals surface area contributed by atoms with Gasteiger partial charge in [0.25, 0.3) is 11.9 Å². The molecule has 0 spiro atoms. The van der Waals surface area contributed by atoms with E-state index < -0.39 is 20.5 Å². The fourth-order valence-electron chi connectivity index (χ4n) is 1.13. The molecule has 0 fully saturated rings. The number of carbonyl (C=O) groups is 2. The van der Waals surface area contributed by atoms with Gasteiger partial charge in [-0.05, 0) is 12.2 Å². The van der Waals surface area contributed by atoms with E-state index in [0.29, 0.717) is 11.8 Å². The summed E-state index contributed by atoms with van der Waals surface area (Å²) in [6, 6.07) is 0.593. The molecule has 0 aromatic carbocycles. The minimum absolute atomic E-state index is 0.403. The first-order valence-corrected chi connectivity index (χ1v) is 7.55. The molecule has 4 nitrogen and oxygen atoms in total. The summed E-state index contributed by atoms with van der Waals surface area (Å²) in [5, 5.41) is 0. The lowest BCUT2D eigenvalue weighted by atomic mass is 10.6. The smallest absolute Gasteiger partial charge is 0.461 e. The van der Waals surface area contributed by atoms with Crippen molar-refractivity contribution in [3.05, 3.63) is 0 Å². The van der Waals surface area contributed by atoms with E-state index >= 15 is 0 Å². The maximum absolute atomic E-state index is 10.8. The van der Waals surface area contributed by atoms with Crippen LogP contribution in [-0.4, -0.2) is 26.3 Å². The summed E-state index contributed by atoms with van der Waals surface area (Å²) in [5.74, 6) is -0.121. The molecular weight excluding hydrogens is 220 g/mol. The van der Waals surface area contributed by atoms with Gasteiger partial charge in [-0.3, -0.25) is 9.59 Å². The number of rotatable bonds is 5. The number of thiol groups is 1. The first-order valence-electron chi connectivity index (χ1n) is 4.39. The predicted octanol–water partition coefficient (Wildman–Crippen LogP) is 1.50. The Morgan fingerprint density at radius 1 is 1.21 bits per heavy atom. The van der Waals surface area contributed by atoms with Crippen LogP contribution in [0.5, 0.6) is 0 Å². The molecule has 0 unspecified atom stereocenters. The van der Waals surface area contributed by atoms with Crippen LogP contribution in [0.25, 0.3) is 0 Å². The number of hydrogen-bond donors (Lipinski definition) is 1. The summed E-state index contributed by atoms with van der Waals surface area (Å²) >= 11 is 4.06. The Hall–Kier alpha value is -0.493. The molecule has 0 N–H and O–H groups in total. The molecule has 0 aliphatic carbocycles. The minimum Gasteiger partial charge on any atom is -0.485 e. The Morgan fingerprint density at radius 2 is 1.64 bits per heavy atom. The van der Waals surface area contributed by atoms with Crippen LogP contribution in [0.1, 0.15) is 20.3 Å². The lowest BCUT2D eigenvalue weighted by molar-refractivity contribution is -0.138. The Balaban J connectivity index is 4.31. The van der Waals surface area contributed by atoms with Crippen molar-refractivity contribution in [3.63, 3.8) is 0 Å². The zero-order valence-electron chi connectivity index (χ0n) is 8.70. The molecule has 0 rings (SSSR count). The standard InChI is InChI=1S/C8H16O4SSi/c1-7(9)11-14(3,6-4-5-13)12-8(2)10/h13H,4-6H2,1-3H3. The van der Waals surface area contributed by atoms with Gasteiger partial charge in [-0.2, -0.15) is 12.6 Å². The first-order chi connectivity index (χ1) is 6.39. The second-order valence-electron chi connectivity index (χ2n) is 3.15. The third-order valence-corrected chi connectivity index (χ3v) is 4.52. The van der Waals surface area contributed by atoms with Crippen molar-refractivity contribution in [1.82, 2.24) is 0 Å². The number of hydrogen-bond acceptors (Lipinski definition) is 5. The third-order valence-electron chi connectivity index (χ3n) is 1.51. The molecule has 0 heterocycles. The van der Waals surface area contributed by atoms with E-state index in [1.54, 1.807) is 6.55 Å². The zero-order valence-corrected chi connectivity index (χ0v) is 10.6. The van der Waals surface area contributed by atoms with Crippen LogP contribution in [0.15, 0.2) is 0 Å². The second-order valence-corrected chi connectivity index (χ2v) is 6.77. The van der Waals surface area contributed by atoms with Crippen molar-refractivity contribution in [2.45, 2.75) is 32.9 Å². The molecule has 0 amide bonds. The first kappa shape index (κ1) is 13.5. The summed E-state index contributed by atoms with van der Waals surface area (Å²) in [4.78, 5) is 21.6. The van der Waals surface area contributed by atoms with Gasteiger partial charge in [-0.15, -0.1) is 0 Å². The van der Waals surface area contributed by atoms with E-state index in [0.717, 1.165) is 6.42 Å². The van der Waals surface area contributed by atoms with Crippen LogP contribution in [0.2, 0.25) is 12.6 Å². The highest BCUT2D eigenvalue weighted by Gasteiger charge is 2.37. The molecule has 6 heteroatoms. The highest BCUT2D eigenvalue weighted by molar-refractivity contribution is 7.80. The largest absolute Gasteiger partial charge is 0.485 e. The molecule has 0 aliphatic heterocycles. The predicted molar refractivity (Wildman–Crippen MR) is 58.4 cm³/mol. The summed E-state index contributed by atoms with van der Waals surface area (Å²) in [6.45, 7) is 4.34. The quantitative estimate of drug-likeness (QED) is 0.580. The summed E-state index contributed by atoms with van der Waals surface area (Å²) in [7, 11) is -2.64. The average Bonchev–Trinajstić information content (AvgIpc) is 1.97. The van der Waals surface area contributed by atoms with Crippen LogP contribution < -0.4 is 0 Å². The van der Waals surface area contributed by atoms with Gasteiger partial charge in [-0.1, -0.05) is 0 Å². The highest BCUT2D eigenvalue weighted by Crippen LogP contribution is 2.16. The summed E-state index contributed by atoms with van der Waals surface area (Å²) in [6.07, 6.45) is 0.770. The van der Waals surface area contributed by atoms with E-state index in [1.807, 2.05) is 0 Å². The molecule has 0 atom stereocenters. The van der Waals surface area contributed by atoms with Crippen LogP contribution in [0, 0.1) is 0 Å². The van der Waals surface area contributed by atoms with Crippen molar-refractivity contribution in [2.75, 3.05) is 5.75 Å². The van der Waals surface area contributed by atoms with E-state index in [2.05, 4.69) is 12.6 Å². The molecule has 14 heavy (non-hydrogen) atoms. The molecular formula is C8H16O4SSi. The Labute approximate surface area is 90.6 Å². The topological polar surface area (TPSA) is 52.6 Å². The lowest BCUT2D eigenvalue weighted by Crippen LogP contribution is -2.41. The van der Waals surface area contributed by atoms with Crippen molar-refractivity contribution >= 4 is 33.1 Å². The fourth-order valence-corrected chi connectivity index (χ4v) is 3.87. The highest BCUT2D eigenvalue weighted by atomic mass is 32.1. The maximum atomic E-state index is 10.8. The van der Waals surface area contributed by atoms with Crippen LogP contribution >= 0.6 is 12.6 Å². The van der Waals surface area contributed by atoms with E-state index in [1.165, 1.54) is 13.8 Å².